The molecule has 1 amide bonds. The highest BCUT2D eigenvalue weighted by atomic mass is 16.6. The Balaban J connectivity index is 1.97. The molecule has 98 valence electrons. The molecule has 0 saturated carbocycles. The number of amides is 1. The van der Waals surface area contributed by atoms with E-state index in [0.29, 0.717) is 18.4 Å². The first-order chi connectivity index (χ1) is 9.15. The summed E-state index contributed by atoms with van der Waals surface area (Å²) in [6.45, 7) is 0. The van der Waals surface area contributed by atoms with E-state index in [1.165, 1.54) is 12.4 Å². The lowest BCUT2D eigenvalue weighted by atomic mass is 9.89. The number of carbonyl (C=O) groups is 1. The molecule has 2 atom stereocenters. The molecule has 1 N–H and O–H groups in total. The van der Waals surface area contributed by atoms with Crippen molar-refractivity contribution in [1.29, 1.82) is 0 Å². The highest BCUT2D eigenvalue weighted by molar-refractivity contribution is 5.77. The van der Waals surface area contributed by atoms with Crippen molar-refractivity contribution in [3.05, 3.63) is 40.2 Å². The zero-order valence-corrected chi connectivity index (χ0v) is 9.91. The van der Waals surface area contributed by atoms with Crippen molar-refractivity contribution in [2.24, 2.45) is 0 Å². The van der Waals surface area contributed by atoms with E-state index in [9.17, 15) is 14.9 Å². The largest absolute Gasteiger partial charge is 0.444 e. The molecule has 0 radical (unpaired) electrons. The number of aromatic nitrogens is 1. The summed E-state index contributed by atoms with van der Waals surface area (Å²) in [6.07, 6.45) is 5.30. The molecule has 3 rings (SSSR count). The second-order valence-corrected chi connectivity index (χ2v) is 4.49. The van der Waals surface area contributed by atoms with Crippen molar-refractivity contribution in [3.8, 4) is 0 Å². The fraction of sp³-hybridized carbons (Fsp3) is 0.333. The van der Waals surface area contributed by atoms with E-state index in [-0.39, 0.29) is 17.8 Å². The van der Waals surface area contributed by atoms with E-state index in [1.54, 1.807) is 6.07 Å². The van der Waals surface area contributed by atoms with Gasteiger partial charge in [-0.05, 0) is 24.5 Å². The summed E-state index contributed by atoms with van der Waals surface area (Å²) in [5.74, 6) is 0. The van der Waals surface area contributed by atoms with Crippen LogP contribution in [0.2, 0.25) is 0 Å². The van der Waals surface area contributed by atoms with Crippen LogP contribution < -0.4 is 5.32 Å². The molecule has 1 saturated heterocycles. The van der Waals surface area contributed by atoms with Crippen molar-refractivity contribution in [1.82, 2.24) is 10.3 Å². The number of hydrogen-bond donors (Lipinski definition) is 1. The Bertz CT molecular complexity index is 584. The van der Waals surface area contributed by atoms with Gasteiger partial charge in [-0.25, -0.2) is 4.79 Å². The third-order valence-electron chi connectivity index (χ3n) is 3.37. The first-order valence-electron chi connectivity index (χ1n) is 5.92. The molecule has 2 heterocycles. The third kappa shape index (κ3) is 2.03. The van der Waals surface area contributed by atoms with E-state index in [4.69, 9.17) is 4.74 Å². The molecule has 1 aromatic rings. The van der Waals surface area contributed by atoms with Gasteiger partial charge in [-0.15, -0.1) is 0 Å². The Morgan fingerprint density at radius 3 is 3.16 bits per heavy atom. The number of nitrogens with one attached hydrogen (secondary N) is 1. The fourth-order valence-electron chi connectivity index (χ4n) is 2.49. The lowest BCUT2D eigenvalue weighted by Gasteiger charge is -2.21. The lowest BCUT2D eigenvalue weighted by molar-refractivity contribution is -0.385. The number of ether oxygens (including phenoxy) is 1. The average molecular weight is 261 g/mol. The number of alkyl carbamates (subject to hydrolysis) is 1. The van der Waals surface area contributed by atoms with Crippen LogP contribution in [0.25, 0.3) is 5.57 Å². The predicted molar refractivity (Wildman–Crippen MR) is 65.3 cm³/mol. The first kappa shape index (κ1) is 11.6. The number of allylic oxidation sites excluding steroid dienone is 1. The Labute approximate surface area is 108 Å². The zero-order chi connectivity index (χ0) is 13.4. The molecule has 0 bridgehead atoms. The molecule has 0 aromatic carbocycles. The summed E-state index contributed by atoms with van der Waals surface area (Å²) >= 11 is 0. The van der Waals surface area contributed by atoms with Gasteiger partial charge in [0.15, 0.2) is 0 Å². The van der Waals surface area contributed by atoms with Gasteiger partial charge in [0.25, 0.3) is 5.69 Å². The molecule has 2 aliphatic rings. The summed E-state index contributed by atoms with van der Waals surface area (Å²) in [5, 5.41) is 13.7. The first-order valence-corrected chi connectivity index (χ1v) is 5.92. The smallest absolute Gasteiger partial charge is 0.408 e. The van der Waals surface area contributed by atoms with Crippen LogP contribution in [0.5, 0.6) is 0 Å². The Kier molecular flexibility index (Phi) is 2.66. The second-order valence-electron chi connectivity index (χ2n) is 4.49. The number of carbonyl (C=O) groups excluding carboxylic acids is 1. The summed E-state index contributed by atoms with van der Waals surface area (Å²) < 4.78 is 5.09. The van der Waals surface area contributed by atoms with Crippen molar-refractivity contribution in [2.75, 3.05) is 0 Å². The average Bonchev–Trinajstić information content (AvgIpc) is 2.77. The number of nitrogens with zero attached hydrogens (tertiary/aromatic N) is 2. The minimum absolute atomic E-state index is 0.0163. The van der Waals surface area contributed by atoms with Gasteiger partial charge in [0.05, 0.1) is 16.5 Å². The third-order valence-corrected chi connectivity index (χ3v) is 3.37. The summed E-state index contributed by atoms with van der Waals surface area (Å²) in [6, 6.07) is 1.42. The van der Waals surface area contributed by atoms with E-state index >= 15 is 0 Å². The van der Waals surface area contributed by atoms with Gasteiger partial charge < -0.3 is 10.1 Å². The van der Waals surface area contributed by atoms with Crippen LogP contribution in [0.4, 0.5) is 10.5 Å². The molecule has 7 heteroatoms. The highest BCUT2D eigenvalue weighted by Gasteiger charge is 2.36. The number of rotatable bonds is 2. The van der Waals surface area contributed by atoms with Gasteiger partial charge >= 0.3 is 6.09 Å². The fourth-order valence-corrected chi connectivity index (χ4v) is 2.49. The topological polar surface area (TPSA) is 94.4 Å². The predicted octanol–water partition coefficient (Wildman–Crippen LogP) is 1.64. The van der Waals surface area contributed by atoms with Gasteiger partial charge in [0.1, 0.15) is 12.3 Å². The number of nitro groups is 1. The number of hydrogen-bond acceptors (Lipinski definition) is 5. The molecular formula is C12H11N3O4. The molecular weight excluding hydrogens is 250 g/mol. The maximum atomic E-state index is 11.1. The summed E-state index contributed by atoms with van der Waals surface area (Å²) in [7, 11) is 0. The highest BCUT2D eigenvalue weighted by Crippen LogP contribution is 2.34. The number of pyridine rings is 1. The molecule has 1 aliphatic heterocycles. The Morgan fingerprint density at radius 2 is 2.37 bits per heavy atom. The van der Waals surface area contributed by atoms with Crippen molar-refractivity contribution < 1.29 is 14.5 Å². The van der Waals surface area contributed by atoms with Crippen LogP contribution in [0.3, 0.4) is 0 Å². The normalized spacial score (nSPS) is 25.1. The maximum absolute atomic E-state index is 11.1. The molecule has 19 heavy (non-hydrogen) atoms. The quantitative estimate of drug-likeness (QED) is 0.645. The van der Waals surface area contributed by atoms with Crippen LogP contribution in [-0.2, 0) is 4.74 Å². The second kappa shape index (κ2) is 4.34. The van der Waals surface area contributed by atoms with Crippen molar-refractivity contribution >= 4 is 17.4 Å². The molecule has 1 aromatic heterocycles. The van der Waals surface area contributed by atoms with Gasteiger partial charge in [-0.1, -0.05) is 6.08 Å². The monoisotopic (exact) mass is 261 g/mol. The Hall–Kier alpha value is -2.44. The van der Waals surface area contributed by atoms with Crippen LogP contribution in [0.15, 0.2) is 24.5 Å². The van der Waals surface area contributed by atoms with Crippen LogP contribution in [0.1, 0.15) is 18.4 Å². The van der Waals surface area contributed by atoms with Crippen molar-refractivity contribution in [2.45, 2.75) is 25.0 Å². The minimum Gasteiger partial charge on any atom is -0.444 e. The van der Waals surface area contributed by atoms with Gasteiger partial charge in [0, 0.05) is 6.20 Å². The molecule has 1 fully saturated rings. The number of fused-ring (bicyclic) bond motifs is 1. The standard InChI is InChI=1S/C12H11N3O4/c16-12-14-9-5-7(1-2-11(9)19-12)8-3-4-13-6-10(8)15(17)18/h3-6,9,11H,1-2H2,(H,14,16). The Morgan fingerprint density at radius 1 is 1.53 bits per heavy atom. The minimum atomic E-state index is -0.445. The lowest BCUT2D eigenvalue weighted by Crippen LogP contribution is -2.32. The van der Waals surface area contributed by atoms with Gasteiger partial charge in [0.2, 0.25) is 0 Å². The molecule has 7 nitrogen and oxygen atoms in total. The SMILES string of the molecule is O=C1NC2C=C(c3ccncc3[N+](=O)[O-])CCC2O1. The zero-order valence-electron chi connectivity index (χ0n) is 9.91. The van der Waals surface area contributed by atoms with E-state index in [2.05, 4.69) is 10.3 Å². The van der Waals surface area contributed by atoms with E-state index in [1.807, 2.05) is 6.08 Å². The van der Waals surface area contributed by atoms with Crippen molar-refractivity contribution in [3.63, 3.8) is 0 Å². The molecule has 1 aliphatic carbocycles. The maximum Gasteiger partial charge on any atom is 0.408 e. The van der Waals surface area contributed by atoms with Crippen LogP contribution in [0, 0.1) is 10.1 Å². The van der Waals surface area contributed by atoms with Crippen LogP contribution >= 0.6 is 0 Å². The van der Waals surface area contributed by atoms with E-state index in [0.717, 1.165) is 5.57 Å². The summed E-state index contributed by atoms with van der Waals surface area (Å²) in [5.41, 5.74) is 1.39. The van der Waals surface area contributed by atoms with Gasteiger partial charge in [-0.2, -0.15) is 0 Å². The van der Waals surface area contributed by atoms with E-state index < -0.39 is 11.0 Å². The molecule has 2 unspecified atom stereocenters. The van der Waals surface area contributed by atoms with Gasteiger partial charge in [-0.3, -0.25) is 15.1 Å². The van der Waals surface area contributed by atoms with Crippen LogP contribution in [-0.4, -0.2) is 28.1 Å². The molecule has 0 spiro atoms. The summed E-state index contributed by atoms with van der Waals surface area (Å²) in [4.78, 5) is 25.5.